The lowest BCUT2D eigenvalue weighted by Gasteiger charge is -2.08. The number of benzene rings is 2. The molecule has 0 saturated carbocycles. The van der Waals surface area contributed by atoms with Crippen LogP contribution >= 0.6 is 23.2 Å². The van der Waals surface area contributed by atoms with Crippen LogP contribution in [0.3, 0.4) is 0 Å². The van der Waals surface area contributed by atoms with Gasteiger partial charge in [0.2, 0.25) is 5.78 Å². The number of halogens is 2. The van der Waals surface area contributed by atoms with Gasteiger partial charge in [-0.3, -0.25) is 14.4 Å². The Balaban J connectivity index is 1.76. The van der Waals surface area contributed by atoms with Crippen LogP contribution in [-0.2, 0) is 9.53 Å². The molecule has 0 heterocycles. The summed E-state index contributed by atoms with van der Waals surface area (Å²) in [5.74, 6) is -1.28. The second-order valence-corrected chi connectivity index (χ2v) is 6.37. The second kappa shape index (κ2) is 9.36. The zero-order chi connectivity index (χ0) is 19.1. The van der Waals surface area contributed by atoms with E-state index in [2.05, 4.69) is 5.32 Å². The number of nitrogens with one attached hydrogen (secondary N) is 1. The van der Waals surface area contributed by atoms with Crippen molar-refractivity contribution in [1.82, 2.24) is 5.32 Å². The predicted octanol–water partition coefficient (Wildman–Crippen LogP) is 3.85. The van der Waals surface area contributed by atoms with Gasteiger partial charge in [0.05, 0.1) is 11.4 Å². The molecule has 2 rings (SSSR count). The summed E-state index contributed by atoms with van der Waals surface area (Å²) in [6.45, 7) is 1.52. The number of hydrogen-bond acceptors (Lipinski definition) is 4. The molecule has 0 saturated heterocycles. The van der Waals surface area contributed by atoms with E-state index < -0.39 is 18.4 Å². The van der Waals surface area contributed by atoms with Crippen molar-refractivity contribution in [3.63, 3.8) is 0 Å². The van der Waals surface area contributed by atoms with Crippen molar-refractivity contribution in [3.05, 3.63) is 69.2 Å². The van der Waals surface area contributed by atoms with Gasteiger partial charge in [0.25, 0.3) is 5.91 Å². The normalized spacial score (nSPS) is 10.3. The Kier molecular flexibility index (Phi) is 7.18. The first-order valence-corrected chi connectivity index (χ1v) is 8.62. The topological polar surface area (TPSA) is 72.5 Å². The van der Waals surface area contributed by atoms with E-state index in [0.29, 0.717) is 10.6 Å². The van der Waals surface area contributed by atoms with E-state index in [0.717, 1.165) is 5.56 Å². The first kappa shape index (κ1) is 19.9. The van der Waals surface area contributed by atoms with E-state index in [9.17, 15) is 14.4 Å². The van der Waals surface area contributed by atoms with E-state index in [1.165, 1.54) is 18.2 Å². The van der Waals surface area contributed by atoms with Crippen LogP contribution in [0, 0.1) is 6.92 Å². The standard InChI is InChI=1S/C19H17Cl2NO4/c1-12-4-2-3-5-14(12)19(25)22-9-8-18(24)26-11-17(23)15-7-6-13(20)10-16(15)21/h2-7,10H,8-9,11H2,1H3,(H,22,25). The molecule has 1 amide bonds. The van der Waals surface area contributed by atoms with Crippen LogP contribution in [0.2, 0.25) is 10.0 Å². The second-order valence-electron chi connectivity index (χ2n) is 5.53. The molecule has 0 atom stereocenters. The number of Topliss-reactive ketones (excluding diaryl/α,β-unsaturated/α-hetero) is 1. The van der Waals surface area contributed by atoms with Gasteiger partial charge in [0, 0.05) is 22.7 Å². The fourth-order valence-electron chi connectivity index (χ4n) is 2.21. The van der Waals surface area contributed by atoms with Crippen LogP contribution in [0.15, 0.2) is 42.5 Å². The summed E-state index contributed by atoms with van der Waals surface area (Å²) in [4.78, 5) is 35.8. The van der Waals surface area contributed by atoms with E-state index >= 15 is 0 Å². The Bertz CT molecular complexity index is 836. The van der Waals surface area contributed by atoms with Crippen molar-refractivity contribution in [2.75, 3.05) is 13.2 Å². The van der Waals surface area contributed by atoms with Crippen LogP contribution in [-0.4, -0.2) is 30.8 Å². The van der Waals surface area contributed by atoms with Crippen LogP contribution in [0.5, 0.6) is 0 Å². The first-order valence-electron chi connectivity index (χ1n) is 7.86. The summed E-state index contributed by atoms with van der Waals surface area (Å²) in [6, 6.07) is 11.6. The molecule has 2 aromatic rings. The number of aryl methyl sites for hydroxylation is 1. The van der Waals surface area contributed by atoms with E-state index in [4.69, 9.17) is 27.9 Å². The molecule has 0 radical (unpaired) electrons. The van der Waals surface area contributed by atoms with Gasteiger partial charge in [-0.1, -0.05) is 41.4 Å². The van der Waals surface area contributed by atoms with Crippen LogP contribution in [0.1, 0.15) is 32.7 Å². The summed E-state index contributed by atoms with van der Waals surface area (Å²) < 4.78 is 4.92. The SMILES string of the molecule is Cc1ccccc1C(=O)NCCC(=O)OCC(=O)c1ccc(Cl)cc1Cl. The van der Waals surface area contributed by atoms with Gasteiger partial charge in [-0.25, -0.2) is 0 Å². The van der Waals surface area contributed by atoms with Gasteiger partial charge in [0.15, 0.2) is 6.61 Å². The molecule has 0 spiro atoms. The number of carbonyl (C=O) groups is 3. The minimum absolute atomic E-state index is 0.0424. The Morgan fingerprint density at radius 1 is 1.04 bits per heavy atom. The molecular formula is C19H17Cl2NO4. The lowest BCUT2D eigenvalue weighted by molar-refractivity contribution is -0.142. The van der Waals surface area contributed by atoms with Gasteiger partial charge in [-0.2, -0.15) is 0 Å². The largest absolute Gasteiger partial charge is 0.457 e. The Labute approximate surface area is 161 Å². The maximum absolute atomic E-state index is 12.0. The van der Waals surface area contributed by atoms with Crippen LogP contribution in [0.4, 0.5) is 0 Å². The van der Waals surface area contributed by atoms with Crippen molar-refractivity contribution < 1.29 is 19.1 Å². The maximum atomic E-state index is 12.0. The number of amides is 1. The maximum Gasteiger partial charge on any atom is 0.308 e. The number of carbonyl (C=O) groups excluding carboxylic acids is 3. The highest BCUT2D eigenvalue weighted by Gasteiger charge is 2.14. The van der Waals surface area contributed by atoms with E-state index in [1.807, 2.05) is 19.1 Å². The third kappa shape index (κ3) is 5.58. The molecule has 5 nitrogen and oxygen atoms in total. The zero-order valence-corrected chi connectivity index (χ0v) is 15.6. The number of hydrogen-bond donors (Lipinski definition) is 1. The number of ether oxygens (including phenoxy) is 1. The Morgan fingerprint density at radius 2 is 1.77 bits per heavy atom. The monoisotopic (exact) mass is 393 g/mol. The predicted molar refractivity (Wildman–Crippen MR) is 99.9 cm³/mol. The van der Waals surface area contributed by atoms with Gasteiger partial charge < -0.3 is 10.1 Å². The summed E-state index contributed by atoms with van der Waals surface area (Å²) in [6.07, 6.45) is -0.0424. The Hall–Kier alpha value is -2.37. The van der Waals surface area contributed by atoms with Gasteiger partial charge in [-0.05, 0) is 36.8 Å². The fraction of sp³-hybridized carbons (Fsp3) is 0.211. The lowest BCUT2D eigenvalue weighted by Crippen LogP contribution is -2.27. The molecule has 1 N–H and O–H groups in total. The van der Waals surface area contributed by atoms with Crippen molar-refractivity contribution in [3.8, 4) is 0 Å². The number of rotatable bonds is 7. The average molecular weight is 394 g/mol. The molecule has 0 aromatic heterocycles. The highest BCUT2D eigenvalue weighted by molar-refractivity contribution is 6.36. The molecule has 0 aliphatic rings. The highest BCUT2D eigenvalue weighted by Crippen LogP contribution is 2.21. The molecular weight excluding hydrogens is 377 g/mol. The van der Waals surface area contributed by atoms with Crippen molar-refractivity contribution in [2.24, 2.45) is 0 Å². The van der Waals surface area contributed by atoms with Gasteiger partial charge in [0.1, 0.15) is 0 Å². The van der Waals surface area contributed by atoms with Crippen molar-refractivity contribution in [2.45, 2.75) is 13.3 Å². The average Bonchev–Trinajstić information content (AvgIpc) is 2.60. The minimum Gasteiger partial charge on any atom is -0.457 e. The molecule has 0 aliphatic heterocycles. The lowest BCUT2D eigenvalue weighted by atomic mass is 10.1. The third-order valence-electron chi connectivity index (χ3n) is 3.60. The third-order valence-corrected chi connectivity index (χ3v) is 4.15. The number of ketones is 1. The Morgan fingerprint density at radius 3 is 2.46 bits per heavy atom. The summed E-state index contributed by atoms with van der Waals surface area (Å²) in [5, 5.41) is 3.25. The minimum atomic E-state index is -0.589. The van der Waals surface area contributed by atoms with E-state index in [1.54, 1.807) is 12.1 Å². The zero-order valence-electron chi connectivity index (χ0n) is 14.1. The molecule has 0 fully saturated rings. The smallest absolute Gasteiger partial charge is 0.308 e. The first-order chi connectivity index (χ1) is 12.4. The molecule has 2 aromatic carbocycles. The van der Waals surface area contributed by atoms with Crippen molar-refractivity contribution in [1.29, 1.82) is 0 Å². The number of esters is 1. The highest BCUT2D eigenvalue weighted by atomic mass is 35.5. The quantitative estimate of drug-likeness (QED) is 0.572. The fourth-order valence-corrected chi connectivity index (χ4v) is 2.73. The van der Waals surface area contributed by atoms with Crippen LogP contribution in [0.25, 0.3) is 0 Å². The van der Waals surface area contributed by atoms with Crippen LogP contribution < -0.4 is 5.32 Å². The summed E-state index contributed by atoms with van der Waals surface area (Å²) >= 11 is 11.7. The molecule has 0 aliphatic carbocycles. The summed E-state index contributed by atoms with van der Waals surface area (Å²) in [5.41, 5.74) is 1.63. The van der Waals surface area contributed by atoms with Gasteiger partial charge in [-0.15, -0.1) is 0 Å². The van der Waals surface area contributed by atoms with Crippen molar-refractivity contribution >= 4 is 40.9 Å². The molecule has 0 unspecified atom stereocenters. The molecule has 0 bridgehead atoms. The van der Waals surface area contributed by atoms with E-state index in [-0.39, 0.29) is 29.5 Å². The summed E-state index contributed by atoms with van der Waals surface area (Å²) in [7, 11) is 0. The molecule has 136 valence electrons. The molecule has 26 heavy (non-hydrogen) atoms. The van der Waals surface area contributed by atoms with Gasteiger partial charge >= 0.3 is 5.97 Å². The molecule has 7 heteroatoms.